The molecule has 0 aliphatic heterocycles. The summed E-state index contributed by atoms with van der Waals surface area (Å²) >= 11 is 0. The maximum atomic E-state index is 12.2. The van der Waals surface area contributed by atoms with Crippen LogP contribution in [0.4, 0.5) is 16.2 Å². The van der Waals surface area contributed by atoms with Gasteiger partial charge < -0.3 is 20.7 Å². The summed E-state index contributed by atoms with van der Waals surface area (Å²) in [4.78, 5) is 35.9. The van der Waals surface area contributed by atoms with Crippen molar-refractivity contribution in [2.45, 2.75) is 39.7 Å². The van der Waals surface area contributed by atoms with Gasteiger partial charge in [0.25, 0.3) is 0 Å². The van der Waals surface area contributed by atoms with Gasteiger partial charge in [0.2, 0.25) is 11.8 Å². The SMILES string of the molecule is Cc1cccc(/C=C/C(=O)Nc2cccc(NC(=O)CCNC(=O)OC(C)(C)C)c2)c1. The Hall–Kier alpha value is -3.61. The van der Waals surface area contributed by atoms with Gasteiger partial charge in [-0.15, -0.1) is 0 Å². The van der Waals surface area contributed by atoms with E-state index in [1.807, 2.05) is 31.2 Å². The summed E-state index contributed by atoms with van der Waals surface area (Å²) in [5.41, 5.74) is 2.57. The largest absolute Gasteiger partial charge is 0.444 e. The predicted octanol–water partition coefficient (Wildman–Crippen LogP) is 4.50. The number of carbonyl (C=O) groups excluding carboxylic acids is 3. The van der Waals surface area contributed by atoms with Gasteiger partial charge in [0.15, 0.2) is 0 Å². The van der Waals surface area contributed by atoms with Gasteiger partial charge in [-0.25, -0.2) is 4.79 Å². The first-order valence-electron chi connectivity index (χ1n) is 10.0. The van der Waals surface area contributed by atoms with E-state index in [-0.39, 0.29) is 24.8 Å². The molecule has 0 aliphatic carbocycles. The fourth-order valence-corrected chi connectivity index (χ4v) is 2.62. The lowest BCUT2D eigenvalue weighted by atomic mass is 10.1. The number of anilines is 2. The van der Waals surface area contributed by atoms with Crippen LogP contribution in [0.25, 0.3) is 6.08 Å². The average molecular weight is 424 g/mol. The van der Waals surface area contributed by atoms with Crippen molar-refractivity contribution in [3.05, 3.63) is 65.7 Å². The van der Waals surface area contributed by atoms with Crippen molar-refractivity contribution in [2.75, 3.05) is 17.2 Å². The number of aryl methyl sites for hydroxylation is 1. The molecular weight excluding hydrogens is 394 g/mol. The molecule has 0 saturated carbocycles. The van der Waals surface area contributed by atoms with Crippen molar-refractivity contribution >= 4 is 35.4 Å². The van der Waals surface area contributed by atoms with Gasteiger partial charge in [-0.1, -0.05) is 35.9 Å². The molecule has 164 valence electrons. The summed E-state index contributed by atoms with van der Waals surface area (Å²) in [6.07, 6.45) is 2.73. The smallest absolute Gasteiger partial charge is 0.407 e. The average Bonchev–Trinajstić information content (AvgIpc) is 2.65. The van der Waals surface area contributed by atoms with E-state index in [0.29, 0.717) is 11.4 Å². The summed E-state index contributed by atoms with van der Waals surface area (Å²) in [5, 5.41) is 8.05. The number of rotatable bonds is 7. The van der Waals surface area contributed by atoms with Gasteiger partial charge in [-0.3, -0.25) is 9.59 Å². The van der Waals surface area contributed by atoms with Gasteiger partial charge in [0.1, 0.15) is 5.60 Å². The van der Waals surface area contributed by atoms with Crippen LogP contribution in [0.15, 0.2) is 54.6 Å². The molecule has 2 aromatic carbocycles. The lowest BCUT2D eigenvalue weighted by Gasteiger charge is -2.19. The molecule has 3 amide bonds. The Kier molecular flexibility index (Phi) is 8.37. The highest BCUT2D eigenvalue weighted by molar-refractivity contribution is 6.02. The van der Waals surface area contributed by atoms with Crippen LogP contribution in [0.3, 0.4) is 0 Å². The molecule has 0 fully saturated rings. The zero-order valence-electron chi connectivity index (χ0n) is 18.3. The Morgan fingerprint density at radius 2 is 1.65 bits per heavy atom. The van der Waals surface area contributed by atoms with E-state index in [1.165, 1.54) is 6.08 Å². The molecule has 7 heteroatoms. The molecule has 0 bridgehead atoms. The highest BCUT2D eigenvalue weighted by Crippen LogP contribution is 2.16. The van der Waals surface area contributed by atoms with Crippen LogP contribution in [0.1, 0.15) is 38.3 Å². The Bertz CT molecular complexity index is 961. The third kappa shape index (κ3) is 9.62. The van der Waals surface area contributed by atoms with E-state index < -0.39 is 11.7 Å². The summed E-state index contributed by atoms with van der Waals surface area (Å²) in [6.45, 7) is 7.45. The van der Waals surface area contributed by atoms with Gasteiger partial charge >= 0.3 is 6.09 Å². The normalized spacial score (nSPS) is 11.1. The Labute approximate surface area is 182 Å². The first kappa shape index (κ1) is 23.7. The van der Waals surface area contributed by atoms with Crippen molar-refractivity contribution in [1.29, 1.82) is 0 Å². The number of benzene rings is 2. The molecule has 2 aromatic rings. The van der Waals surface area contributed by atoms with Gasteiger partial charge in [0, 0.05) is 30.4 Å². The van der Waals surface area contributed by atoms with E-state index in [9.17, 15) is 14.4 Å². The van der Waals surface area contributed by atoms with Crippen molar-refractivity contribution < 1.29 is 19.1 Å². The Balaban J connectivity index is 1.82. The topological polar surface area (TPSA) is 96.5 Å². The lowest BCUT2D eigenvalue weighted by molar-refractivity contribution is -0.116. The van der Waals surface area contributed by atoms with Crippen LogP contribution in [0.2, 0.25) is 0 Å². The maximum Gasteiger partial charge on any atom is 0.407 e. The molecule has 2 rings (SSSR count). The zero-order valence-corrected chi connectivity index (χ0v) is 18.3. The fourth-order valence-electron chi connectivity index (χ4n) is 2.62. The van der Waals surface area contributed by atoms with E-state index in [1.54, 1.807) is 51.1 Å². The van der Waals surface area contributed by atoms with Crippen LogP contribution >= 0.6 is 0 Å². The number of alkyl carbamates (subject to hydrolysis) is 1. The second-order valence-electron chi connectivity index (χ2n) is 8.04. The van der Waals surface area contributed by atoms with E-state index in [0.717, 1.165) is 11.1 Å². The molecule has 0 unspecified atom stereocenters. The van der Waals surface area contributed by atoms with Gasteiger partial charge in [-0.2, -0.15) is 0 Å². The third-order valence-electron chi connectivity index (χ3n) is 3.90. The highest BCUT2D eigenvalue weighted by atomic mass is 16.6. The van der Waals surface area contributed by atoms with Gasteiger partial charge in [0.05, 0.1) is 0 Å². The molecule has 0 atom stereocenters. The fraction of sp³-hybridized carbons (Fsp3) is 0.292. The van der Waals surface area contributed by atoms with Crippen LogP contribution in [0.5, 0.6) is 0 Å². The quantitative estimate of drug-likeness (QED) is 0.571. The maximum absolute atomic E-state index is 12.2. The Morgan fingerprint density at radius 3 is 2.32 bits per heavy atom. The molecule has 31 heavy (non-hydrogen) atoms. The summed E-state index contributed by atoms with van der Waals surface area (Å²) in [5.74, 6) is -0.537. The molecule has 0 aliphatic rings. The number of carbonyl (C=O) groups is 3. The van der Waals surface area contributed by atoms with E-state index >= 15 is 0 Å². The molecule has 0 aromatic heterocycles. The first-order chi connectivity index (χ1) is 14.6. The highest BCUT2D eigenvalue weighted by Gasteiger charge is 2.15. The zero-order chi connectivity index (χ0) is 22.9. The molecule has 3 N–H and O–H groups in total. The van der Waals surface area contributed by atoms with E-state index in [2.05, 4.69) is 16.0 Å². The monoisotopic (exact) mass is 423 g/mol. The summed E-state index contributed by atoms with van der Waals surface area (Å²) in [7, 11) is 0. The number of nitrogens with one attached hydrogen (secondary N) is 3. The number of hydrogen-bond acceptors (Lipinski definition) is 4. The molecule has 0 radical (unpaired) electrons. The second-order valence-corrected chi connectivity index (χ2v) is 8.04. The lowest BCUT2D eigenvalue weighted by Crippen LogP contribution is -2.34. The summed E-state index contributed by atoms with van der Waals surface area (Å²) < 4.78 is 5.12. The number of amides is 3. The van der Waals surface area contributed by atoms with Crippen molar-refractivity contribution in [3.63, 3.8) is 0 Å². The first-order valence-corrected chi connectivity index (χ1v) is 10.0. The third-order valence-corrected chi connectivity index (χ3v) is 3.90. The Morgan fingerprint density at radius 1 is 0.968 bits per heavy atom. The van der Waals surface area contributed by atoms with Crippen LogP contribution < -0.4 is 16.0 Å². The molecule has 0 saturated heterocycles. The minimum Gasteiger partial charge on any atom is -0.444 e. The standard InChI is InChI=1S/C24H29N3O4/c1-17-7-5-8-18(15-17)11-12-21(28)26-19-9-6-10-20(16-19)27-22(29)13-14-25-23(30)31-24(2,3)4/h5-12,15-16H,13-14H2,1-4H3,(H,25,30)(H,26,28)(H,27,29)/b12-11+. The minimum absolute atomic E-state index is 0.0923. The van der Waals surface area contributed by atoms with Gasteiger partial charge in [-0.05, 0) is 57.5 Å². The summed E-state index contributed by atoms with van der Waals surface area (Å²) in [6, 6.07) is 14.7. The molecular formula is C24H29N3O4. The number of ether oxygens (including phenoxy) is 1. The van der Waals surface area contributed by atoms with Crippen molar-refractivity contribution in [2.24, 2.45) is 0 Å². The van der Waals surface area contributed by atoms with Crippen LogP contribution in [-0.2, 0) is 14.3 Å². The van der Waals surface area contributed by atoms with Crippen LogP contribution in [0, 0.1) is 6.92 Å². The second kappa shape index (κ2) is 11.0. The van der Waals surface area contributed by atoms with E-state index in [4.69, 9.17) is 4.74 Å². The molecule has 7 nitrogen and oxygen atoms in total. The van der Waals surface area contributed by atoms with Crippen molar-refractivity contribution in [1.82, 2.24) is 5.32 Å². The minimum atomic E-state index is -0.591. The number of hydrogen-bond donors (Lipinski definition) is 3. The predicted molar refractivity (Wildman–Crippen MR) is 123 cm³/mol. The van der Waals surface area contributed by atoms with Crippen molar-refractivity contribution in [3.8, 4) is 0 Å². The van der Waals surface area contributed by atoms with Crippen LogP contribution in [-0.4, -0.2) is 30.1 Å². The molecule has 0 heterocycles. The molecule has 0 spiro atoms.